The number of aromatic carboxylic acids is 1. The molecule has 4 saturated carbocycles. The standard InChI is InChI=1S/C39H58N2O4S/c1-25(2)28-15-20-39(40-23-24-41-46(8,44)45)22-21-37(6)30(33(28)39)13-14-32-36(5)18-16-29(26-9-11-27(12-10-26)34(42)43)35(3,4)31(36)17-19-38(32,37)7/h9-12,16,28,30-33,40-41H,1,13-15,17-24H2,2-8H3,(H,42,43)/t28-,30+,31?,32?,33?,36-,37+,38+,39-/m0/s1. The molecule has 3 N–H and O–H groups in total. The van der Waals surface area contributed by atoms with Crippen LogP contribution in [-0.4, -0.2) is 44.4 Å². The van der Waals surface area contributed by atoms with E-state index >= 15 is 0 Å². The van der Waals surface area contributed by atoms with Gasteiger partial charge in [0.25, 0.3) is 0 Å². The molecule has 6 rings (SSSR count). The van der Waals surface area contributed by atoms with Gasteiger partial charge in [0.15, 0.2) is 0 Å². The number of hydrogen-bond donors (Lipinski definition) is 3. The first-order valence-electron chi connectivity index (χ1n) is 17.8. The number of sulfonamides is 1. The van der Waals surface area contributed by atoms with Crippen molar-refractivity contribution in [2.45, 2.75) is 105 Å². The molecule has 7 heteroatoms. The predicted octanol–water partition coefficient (Wildman–Crippen LogP) is 7.93. The smallest absolute Gasteiger partial charge is 0.335 e. The van der Waals surface area contributed by atoms with Crippen molar-refractivity contribution in [3.05, 3.63) is 53.6 Å². The minimum atomic E-state index is -3.20. The summed E-state index contributed by atoms with van der Waals surface area (Å²) in [7, 11) is -3.20. The largest absolute Gasteiger partial charge is 0.478 e. The predicted molar refractivity (Wildman–Crippen MR) is 187 cm³/mol. The van der Waals surface area contributed by atoms with Crippen molar-refractivity contribution in [2.75, 3.05) is 19.3 Å². The SMILES string of the molecule is C=C(C)[C@@H]1CC[C@]2(NCCNS(C)(=O)=O)CC[C@]3(C)[C@H](CCC4[C@@]5(C)CC=C(c6ccc(C(=O)O)cc6)C(C)(C)C5CC[C@]43C)C12. The van der Waals surface area contributed by atoms with Crippen LogP contribution in [0, 0.1) is 51.2 Å². The number of fused-ring (bicyclic) bond motifs is 7. The molecular formula is C39H58N2O4S. The van der Waals surface area contributed by atoms with Gasteiger partial charge in [-0.1, -0.05) is 65.0 Å². The lowest BCUT2D eigenvalue weighted by Crippen LogP contribution is -2.68. The summed E-state index contributed by atoms with van der Waals surface area (Å²) in [4.78, 5) is 11.5. The third-order valence-electron chi connectivity index (χ3n) is 15.1. The van der Waals surface area contributed by atoms with Gasteiger partial charge in [-0.15, -0.1) is 0 Å². The quantitative estimate of drug-likeness (QED) is 0.196. The van der Waals surface area contributed by atoms with Crippen LogP contribution in [0.1, 0.15) is 115 Å². The molecule has 0 bridgehead atoms. The van der Waals surface area contributed by atoms with Crippen molar-refractivity contribution in [2.24, 2.45) is 51.2 Å². The van der Waals surface area contributed by atoms with Gasteiger partial charge >= 0.3 is 5.97 Å². The van der Waals surface area contributed by atoms with Crippen LogP contribution in [0.2, 0.25) is 0 Å². The number of allylic oxidation sites excluding steroid dienone is 3. The molecule has 6 nitrogen and oxygen atoms in total. The molecule has 1 aromatic rings. The molecule has 4 fully saturated rings. The van der Waals surface area contributed by atoms with Gasteiger partial charge in [0.2, 0.25) is 10.0 Å². The molecule has 9 atom stereocenters. The van der Waals surface area contributed by atoms with Crippen molar-refractivity contribution < 1.29 is 18.3 Å². The van der Waals surface area contributed by atoms with Crippen LogP contribution in [0.3, 0.4) is 0 Å². The van der Waals surface area contributed by atoms with E-state index in [4.69, 9.17) is 0 Å². The highest BCUT2D eigenvalue weighted by Crippen LogP contribution is 2.76. The number of benzene rings is 1. The lowest BCUT2D eigenvalue weighted by Gasteiger charge is -2.72. The van der Waals surface area contributed by atoms with Crippen LogP contribution in [0.25, 0.3) is 5.57 Å². The second-order valence-corrected chi connectivity index (χ2v) is 19.2. The molecule has 254 valence electrons. The first kappa shape index (κ1) is 33.9. The Morgan fingerprint density at radius 3 is 2.24 bits per heavy atom. The normalized spacial score (nSPS) is 41.4. The number of rotatable bonds is 8. The van der Waals surface area contributed by atoms with Gasteiger partial charge < -0.3 is 10.4 Å². The molecule has 1 aromatic carbocycles. The highest BCUT2D eigenvalue weighted by Gasteiger charge is 2.70. The lowest BCUT2D eigenvalue weighted by molar-refractivity contribution is -0.219. The molecule has 5 aliphatic carbocycles. The number of carbonyl (C=O) groups is 1. The van der Waals surface area contributed by atoms with Crippen molar-refractivity contribution in [1.29, 1.82) is 0 Å². The summed E-state index contributed by atoms with van der Waals surface area (Å²) in [5.41, 5.74) is 4.95. The average molecular weight is 651 g/mol. The third kappa shape index (κ3) is 5.08. The maximum atomic E-state index is 11.8. The van der Waals surface area contributed by atoms with E-state index in [2.05, 4.69) is 64.2 Å². The zero-order valence-corrected chi connectivity index (χ0v) is 30.2. The van der Waals surface area contributed by atoms with Crippen molar-refractivity contribution in [3.8, 4) is 0 Å². The Labute approximate surface area is 278 Å². The summed E-state index contributed by atoms with van der Waals surface area (Å²) in [5, 5.41) is 13.4. The zero-order chi connectivity index (χ0) is 33.5. The maximum absolute atomic E-state index is 11.8. The summed E-state index contributed by atoms with van der Waals surface area (Å²) < 4.78 is 26.2. The molecular weight excluding hydrogens is 593 g/mol. The molecule has 0 radical (unpaired) electrons. The molecule has 0 spiro atoms. The van der Waals surface area contributed by atoms with E-state index in [-0.39, 0.29) is 27.2 Å². The lowest BCUT2D eigenvalue weighted by atomic mass is 9.33. The topological polar surface area (TPSA) is 95.5 Å². The van der Waals surface area contributed by atoms with Gasteiger partial charge in [-0.25, -0.2) is 17.9 Å². The Bertz CT molecular complexity index is 1530. The molecule has 3 unspecified atom stereocenters. The highest BCUT2D eigenvalue weighted by atomic mass is 32.2. The first-order chi connectivity index (χ1) is 21.4. The average Bonchev–Trinajstić information content (AvgIpc) is 3.35. The van der Waals surface area contributed by atoms with Gasteiger partial charge in [-0.3, -0.25) is 0 Å². The number of carboxylic acids is 1. The van der Waals surface area contributed by atoms with Crippen LogP contribution in [0.4, 0.5) is 0 Å². The summed E-state index contributed by atoms with van der Waals surface area (Å²) in [6.07, 6.45) is 14.5. The van der Waals surface area contributed by atoms with Crippen molar-refractivity contribution in [3.63, 3.8) is 0 Å². The maximum Gasteiger partial charge on any atom is 0.335 e. The van der Waals surface area contributed by atoms with Gasteiger partial charge in [-0.2, -0.15) is 0 Å². The van der Waals surface area contributed by atoms with E-state index in [1.54, 1.807) is 12.1 Å². The Balaban J connectivity index is 1.30. The summed E-state index contributed by atoms with van der Waals surface area (Å²) >= 11 is 0. The molecule has 0 saturated heterocycles. The second kappa shape index (κ2) is 11.3. The van der Waals surface area contributed by atoms with E-state index in [9.17, 15) is 18.3 Å². The van der Waals surface area contributed by atoms with Crippen molar-refractivity contribution in [1.82, 2.24) is 10.0 Å². The monoisotopic (exact) mass is 650 g/mol. The number of carboxylic acid groups (broad SMARTS) is 1. The molecule has 46 heavy (non-hydrogen) atoms. The fraction of sp³-hybridized carbons (Fsp3) is 0.718. The van der Waals surface area contributed by atoms with E-state index in [0.29, 0.717) is 48.2 Å². The third-order valence-corrected chi connectivity index (χ3v) is 15.8. The van der Waals surface area contributed by atoms with Crippen LogP contribution in [0.5, 0.6) is 0 Å². The summed E-state index contributed by atoms with van der Waals surface area (Å²) in [5.74, 6) is 2.01. The molecule has 0 heterocycles. The minimum absolute atomic E-state index is 0.00102. The van der Waals surface area contributed by atoms with E-state index in [0.717, 1.165) is 24.8 Å². The Kier molecular flexibility index (Phi) is 8.33. The van der Waals surface area contributed by atoms with Crippen LogP contribution in [0.15, 0.2) is 42.5 Å². The molecule has 0 aliphatic heterocycles. The minimum Gasteiger partial charge on any atom is -0.478 e. The van der Waals surface area contributed by atoms with Crippen LogP contribution >= 0.6 is 0 Å². The fourth-order valence-corrected chi connectivity index (χ4v) is 13.4. The fourth-order valence-electron chi connectivity index (χ4n) is 12.9. The Morgan fingerprint density at radius 2 is 1.61 bits per heavy atom. The van der Waals surface area contributed by atoms with Gasteiger partial charge in [-0.05, 0) is 139 Å². The Hall–Kier alpha value is -1.96. The van der Waals surface area contributed by atoms with Crippen LogP contribution < -0.4 is 10.0 Å². The Morgan fingerprint density at radius 1 is 0.913 bits per heavy atom. The summed E-state index contributed by atoms with van der Waals surface area (Å²) in [6, 6.07) is 7.53. The van der Waals surface area contributed by atoms with E-state index in [1.165, 1.54) is 55.9 Å². The van der Waals surface area contributed by atoms with Crippen molar-refractivity contribution >= 4 is 21.6 Å². The highest BCUT2D eigenvalue weighted by molar-refractivity contribution is 7.88. The van der Waals surface area contributed by atoms with Crippen LogP contribution in [-0.2, 0) is 10.0 Å². The molecule has 0 aromatic heterocycles. The van der Waals surface area contributed by atoms with Gasteiger partial charge in [0, 0.05) is 18.6 Å². The van der Waals surface area contributed by atoms with E-state index in [1.807, 2.05) is 12.1 Å². The molecule has 0 amide bonds. The second-order valence-electron chi connectivity index (χ2n) is 17.4. The molecule has 5 aliphatic rings. The first-order valence-corrected chi connectivity index (χ1v) is 19.7. The number of hydrogen-bond acceptors (Lipinski definition) is 4. The summed E-state index contributed by atoms with van der Waals surface area (Å²) in [6.45, 7) is 20.7. The zero-order valence-electron chi connectivity index (χ0n) is 29.3. The van der Waals surface area contributed by atoms with E-state index < -0.39 is 16.0 Å². The number of nitrogens with one attached hydrogen (secondary N) is 2. The van der Waals surface area contributed by atoms with Gasteiger partial charge in [0.05, 0.1) is 11.8 Å². The van der Waals surface area contributed by atoms with Gasteiger partial charge in [0.1, 0.15) is 0 Å².